The average Bonchev–Trinajstić information content (AvgIpc) is 3.40. The molecule has 6 nitrogen and oxygen atoms in total. The Morgan fingerprint density at radius 1 is 1.22 bits per heavy atom. The number of benzene rings is 1. The largest absolute Gasteiger partial charge is 0.488 e. The van der Waals surface area contributed by atoms with E-state index >= 15 is 0 Å². The van der Waals surface area contributed by atoms with Crippen LogP contribution >= 0.6 is 0 Å². The maximum Gasteiger partial charge on any atom is 0.132 e. The van der Waals surface area contributed by atoms with Crippen molar-refractivity contribution >= 4 is 11.5 Å². The Kier molecular flexibility index (Phi) is 4.60. The molecule has 142 valence electrons. The van der Waals surface area contributed by atoms with Crippen LogP contribution in [0.3, 0.4) is 0 Å². The van der Waals surface area contributed by atoms with Crippen molar-refractivity contribution in [1.29, 1.82) is 5.41 Å². The third kappa shape index (κ3) is 3.95. The van der Waals surface area contributed by atoms with Gasteiger partial charge in [-0.3, -0.25) is 5.41 Å². The van der Waals surface area contributed by atoms with E-state index in [1.165, 1.54) is 0 Å². The van der Waals surface area contributed by atoms with Gasteiger partial charge in [-0.25, -0.2) is 9.97 Å². The van der Waals surface area contributed by atoms with Gasteiger partial charge in [0.15, 0.2) is 0 Å². The fourth-order valence-electron chi connectivity index (χ4n) is 3.34. The van der Waals surface area contributed by atoms with Gasteiger partial charge in [0.2, 0.25) is 0 Å². The molecule has 1 unspecified atom stereocenters. The van der Waals surface area contributed by atoms with Gasteiger partial charge in [0.05, 0.1) is 11.4 Å². The molecular formula is C21H27N5O. The Morgan fingerprint density at radius 2 is 2.04 bits per heavy atom. The van der Waals surface area contributed by atoms with Gasteiger partial charge in [0.1, 0.15) is 23.5 Å². The van der Waals surface area contributed by atoms with Crippen molar-refractivity contribution in [3.05, 3.63) is 47.9 Å². The smallest absolute Gasteiger partial charge is 0.132 e. The lowest BCUT2D eigenvalue weighted by Gasteiger charge is -2.38. The number of rotatable bonds is 5. The van der Waals surface area contributed by atoms with Crippen molar-refractivity contribution in [2.24, 2.45) is 0 Å². The fraction of sp³-hybridized carbons (Fsp3) is 0.476. The first-order valence-corrected chi connectivity index (χ1v) is 9.59. The maximum atomic E-state index is 8.62. The topological polar surface area (TPSA) is 65.3 Å². The number of nitrogens with one attached hydrogen (secondary N) is 1. The maximum absolute atomic E-state index is 8.62. The molecule has 1 atom stereocenters. The molecule has 1 saturated carbocycles. The number of nitrogens with zero attached hydrogens (tertiary/aromatic N) is 4. The number of hydrogen-bond acceptors (Lipinski definition) is 6. The third-order valence-corrected chi connectivity index (χ3v) is 5.63. The van der Waals surface area contributed by atoms with E-state index < -0.39 is 0 Å². The molecule has 2 fully saturated rings. The summed E-state index contributed by atoms with van der Waals surface area (Å²) < 4.78 is 6.04. The summed E-state index contributed by atoms with van der Waals surface area (Å²) in [7, 11) is 2.15. The zero-order valence-electron chi connectivity index (χ0n) is 16.3. The van der Waals surface area contributed by atoms with Crippen molar-refractivity contribution < 1.29 is 4.74 Å². The second kappa shape index (κ2) is 6.93. The molecule has 2 aromatic rings. The predicted molar refractivity (Wildman–Crippen MR) is 107 cm³/mol. The van der Waals surface area contributed by atoms with Crippen LogP contribution in [-0.2, 0) is 0 Å². The van der Waals surface area contributed by atoms with Crippen molar-refractivity contribution in [3.8, 4) is 5.75 Å². The van der Waals surface area contributed by atoms with E-state index in [1.54, 1.807) is 6.33 Å². The lowest BCUT2D eigenvalue weighted by Crippen LogP contribution is -2.50. The summed E-state index contributed by atoms with van der Waals surface area (Å²) in [6.45, 7) is 7.23. The summed E-state index contributed by atoms with van der Waals surface area (Å²) >= 11 is 0. The standard InChI is InChI=1S/C21H27N5O/c1-15-13-26(10-9-25(15)3)19-12-18(23-14-24-19)20(22)16-5-4-6-17(11-16)27-21(2)7-8-21/h4-6,11-12,14-15,22H,7-10,13H2,1-3H3. The number of anilines is 1. The summed E-state index contributed by atoms with van der Waals surface area (Å²) in [6, 6.07) is 10.2. The van der Waals surface area contributed by atoms with Crippen LogP contribution in [0.15, 0.2) is 36.7 Å². The van der Waals surface area contributed by atoms with Crippen molar-refractivity contribution in [3.63, 3.8) is 0 Å². The Hall–Kier alpha value is -2.47. The molecule has 4 rings (SSSR count). The van der Waals surface area contributed by atoms with Gasteiger partial charge < -0.3 is 14.5 Å². The SMILES string of the molecule is CC1CN(c2cc(C(=N)c3cccc(OC4(C)CC4)c3)ncn2)CCN1C. The molecule has 1 saturated heterocycles. The van der Waals surface area contributed by atoms with Gasteiger partial charge in [0.25, 0.3) is 0 Å². The van der Waals surface area contributed by atoms with Crippen LogP contribution in [-0.4, -0.2) is 58.9 Å². The molecule has 27 heavy (non-hydrogen) atoms. The fourth-order valence-corrected chi connectivity index (χ4v) is 3.34. The number of hydrogen-bond donors (Lipinski definition) is 1. The molecule has 2 heterocycles. The first-order chi connectivity index (χ1) is 12.9. The molecule has 0 amide bonds. The van der Waals surface area contributed by atoms with Crippen molar-refractivity contribution in [1.82, 2.24) is 14.9 Å². The summed E-state index contributed by atoms with van der Waals surface area (Å²) in [5.74, 6) is 1.71. The Morgan fingerprint density at radius 3 is 2.78 bits per heavy atom. The van der Waals surface area contributed by atoms with Crippen LogP contribution < -0.4 is 9.64 Å². The molecule has 2 aliphatic rings. The van der Waals surface area contributed by atoms with E-state index in [-0.39, 0.29) is 5.60 Å². The van der Waals surface area contributed by atoms with Crippen LogP contribution in [0.25, 0.3) is 0 Å². The van der Waals surface area contributed by atoms with Gasteiger partial charge in [-0.05, 0) is 45.9 Å². The zero-order valence-corrected chi connectivity index (χ0v) is 16.3. The Balaban J connectivity index is 1.53. The first-order valence-electron chi connectivity index (χ1n) is 9.59. The van der Waals surface area contributed by atoms with Crippen LogP contribution in [0.4, 0.5) is 5.82 Å². The molecule has 1 aromatic carbocycles. The monoisotopic (exact) mass is 365 g/mol. The molecule has 0 spiro atoms. The molecular weight excluding hydrogens is 338 g/mol. The third-order valence-electron chi connectivity index (χ3n) is 5.63. The van der Waals surface area contributed by atoms with Gasteiger partial charge in [0, 0.05) is 37.3 Å². The predicted octanol–water partition coefficient (Wildman–Crippen LogP) is 2.96. The van der Waals surface area contributed by atoms with Crippen molar-refractivity contribution in [2.45, 2.75) is 38.3 Å². The molecule has 1 aliphatic heterocycles. The van der Waals surface area contributed by atoms with E-state index in [2.05, 4.69) is 40.7 Å². The van der Waals surface area contributed by atoms with Crippen molar-refractivity contribution in [2.75, 3.05) is 31.6 Å². The molecule has 0 radical (unpaired) electrons. The molecule has 6 heteroatoms. The van der Waals surface area contributed by atoms with Gasteiger partial charge >= 0.3 is 0 Å². The highest BCUT2D eigenvalue weighted by molar-refractivity contribution is 6.10. The van der Waals surface area contributed by atoms with E-state index in [0.29, 0.717) is 17.4 Å². The van der Waals surface area contributed by atoms with Gasteiger partial charge in [-0.1, -0.05) is 12.1 Å². The second-order valence-electron chi connectivity index (χ2n) is 7.99. The van der Waals surface area contributed by atoms with Crippen LogP contribution in [0.5, 0.6) is 5.75 Å². The van der Waals surface area contributed by atoms with E-state index in [4.69, 9.17) is 10.1 Å². The molecule has 1 N–H and O–H groups in total. The summed E-state index contributed by atoms with van der Waals surface area (Å²) in [5, 5.41) is 8.62. The first kappa shape index (κ1) is 17.9. The quantitative estimate of drug-likeness (QED) is 0.825. The van der Waals surface area contributed by atoms with E-state index in [1.807, 2.05) is 30.3 Å². The number of likely N-dealkylation sites (N-methyl/N-ethyl adjacent to an activating group) is 1. The Labute approximate surface area is 160 Å². The van der Waals surface area contributed by atoms with Crippen LogP contribution in [0.2, 0.25) is 0 Å². The van der Waals surface area contributed by atoms with Gasteiger partial charge in [-0.2, -0.15) is 0 Å². The highest BCUT2D eigenvalue weighted by atomic mass is 16.5. The van der Waals surface area contributed by atoms with Gasteiger partial charge in [-0.15, -0.1) is 0 Å². The van der Waals surface area contributed by atoms with Crippen LogP contribution in [0, 0.1) is 5.41 Å². The minimum absolute atomic E-state index is 0.0268. The highest BCUT2D eigenvalue weighted by Crippen LogP contribution is 2.39. The Bertz CT molecular complexity index is 848. The van der Waals surface area contributed by atoms with E-state index in [0.717, 1.165) is 49.6 Å². The van der Waals surface area contributed by atoms with Crippen LogP contribution in [0.1, 0.15) is 37.9 Å². The second-order valence-corrected chi connectivity index (χ2v) is 7.99. The normalized spacial score (nSPS) is 21.7. The minimum atomic E-state index is -0.0268. The average molecular weight is 365 g/mol. The number of aromatic nitrogens is 2. The van der Waals surface area contributed by atoms with E-state index in [9.17, 15) is 0 Å². The molecule has 1 aliphatic carbocycles. The summed E-state index contributed by atoms with van der Waals surface area (Å²) in [6.07, 6.45) is 3.74. The molecule has 0 bridgehead atoms. The molecule has 1 aromatic heterocycles. The minimum Gasteiger partial charge on any atom is -0.488 e. The summed E-state index contributed by atoms with van der Waals surface area (Å²) in [4.78, 5) is 13.4. The lowest BCUT2D eigenvalue weighted by atomic mass is 10.1. The summed E-state index contributed by atoms with van der Waals surface area (Å²) in [5.41, 5.74) is 1.82. The zero-order chi connectivity index (χ0) is 19.0. The number of ether oxygens (including phenoxy) is 1. The lowest BCUT2D eigenvalue weighted by molar-refractivity contribution is 0.200. The highest BCUT2D eigenvalue weighted by Gasteiger charge is 2.40. The number of piperazine rings is 1.